The van der Waals surface area contributed by atoms with E-state index in [0.717, 1.165) is 23.7 Å². The molecule has 0 aliphatic heterocycles. The Balaban J connectivity index is 2.40. The van der Waals surface area contributed by atoms with Gasteiger partial charge >= 0.3 is 0 Å². The van der Waals surface area contributed by atoms with Gasteiger partial charge in [0.2, 0.25) is 0 Å². The molecule has 0 aromatic carbocycles. The van der Waals surface area contributed by atoms with E-state index in [4.69, 9.17) is 0 Å². The highest BCUT2D eigenvalue weighted by molar-refractivity contribution is 4.76. The summed E-state index contributed by atoms with van der Waals surface area (Å²) in [6.45, 7) is 9.58. The first-order valence-electron chi connectivity index (χ1n) is 5.61. The molecule has 1 fully saturated rings. The molecule has 1 saturated carbocycles. The van der Waals surface area contributed by atoms with Crippen LogP contribution < -0.4 is 0 Å². The molecule has 72 valence electrons. The lowest BCUT2D eigenvalue weighted by Crippen LogP contribution is -2.23. The molecule has 0 saturated heterocycles. The van der Waals surface area contributed by atoms with E-state index in [1.165, 1.54) is 25.7 Å². The van der Waals surface area contributed by atoms with Gasteiger partial charge in [0.05, 0.1) is 0 Å². The van der Waals surface area contributed by atoms with Crippen LogP contribution in [0.4, 0.5) is 0 Å². The first-order chi connectivity index (χ1) is 5.61. The van der Waals surface area contributed by atoms with Gasteiger partial charge in [-0.15, -0.1) is 0 Å². The third-order valence-corrected chi connectivity index (χ3v) is 3.77. The molecule has 0 heteroatoms. The summed E-state index contributed by atoms with van der Waals surface area (Å²) >= 11 is 0. The maximum atomic E-state index is 2.44. The second kappa shape index (κ2) is 4.30. The Morgan fingerprint density at radius 3 is 2.25 bits per heavy atom. The quantitative estimate of drug-likeness (QED) is 0.582. The Morgan fingerprint density at radius 2 is 1.75 bits per heavy atom. The van der Waals surface area contributed by atoms with Crippen LogP contribution in [-0.4, -0.2) is 0 Å². The first-order valence-corrected chi connectivity index (χ1v) is 5.61. The lowest BCUT2D eigenvalue weighted by atomic mass is 9.73. The minimum Gasteiger partial charge on any atom is -0.0625 e. The van der Waals surface area contributed by atoms with Crippen LogP contribution >= 0.6 is 0 Å². The second-order valence-corrected chi connectivity index (χ2v) is 5.13. The van der Waals surface area contributed by atoms with Gasteiger partial charge in [-0.05, 0) is 30.1 Å². The van der Waals surface area contributed by atoms with E-state index < -0.39 is 0 Å². The van der Waals surface area contributed by atoms with Crippen LogP contribution in [-0.2, 0) is 0 Å². The van der Waals surface area contributed by atoms with Gasteiger partial charge in [0.25, 0.3) is 0 Å². The Hall–Kier alpha value is 0. The van der Waals surface area contributed by atoms with E-state index in [2.05, 4.69) is 27.7 Å². The molecule has 12 heavy (non-hydrogen) atoms. The summed E-state index contributed by atoms with van der Waals surface area (Å²) in [4.78, 5) is 0. The highest BCUT2D eigenvalue weighted by Crippen LogP contribution is 2.36. The van der Waals surface area contributed by atoms with Gasteiger partial charge in [-0.1, -0.05) is 47.0 Å². The SMILES string of the molecule is CC1CCCC(C(C)C(C)C)C1. The molecule has 0 aromatic rings. The van der Waals surface area contributed by atoms with Gasteiger partial charge in [0.15, 0.2) is 0 Å². The molecule has 0 bridgehead atoms. The smallest absolute Gasteiger partial charge is 0.0384 e. The normalized spacial score (nSPS) is 33.8. The Morgan fingerprint density at radius 1 is 1.08 bits per heavy atom. The van der Waals surface area contributed by atoms with Crippen molar-refractivity contribution in [2.75, 3.05) is 0 Å². The summed E-state index contributed by atoms with van der Waals surface area (Å²) in [5, 5.41) is 0. The molecule has 1 aliphatic rings. The van der Waals surface area contributed by atoms with Crippen molar-refractivity contribution in [3.05, 3.63) is 0 Å². The molecule has 1 aliphatic carbocycles. The average Bonchev–Trinajstić information content (AvgIpc) is 2.03. The second-order valence-electron chi connectivity index (χ2n) is 5.13. The standard InChI is InChI=1S/C12H24/c1-9(2)11(4)12-7-5-6-10(3)8-12/h9-12H,5-8H2,1-4H3. The van der Waals surface area contributed by atoms with Crippen molar-refractivity contribution in [3.63, 3.8) is 0 Å². The monoisotopic (exact) mass is 168 g/mol. The topological polar surface area (TPSA) is 0 Å². The van der Waals surface area contributed by atoms with Gasteiger partial charge in [-0.2, -0.15) is 0 Å². The summed E-state index contributed by atoms with van der Waals surface area (Å²) in [7, 11) is 0. The predicted molar refractivity (Wildman–Crippen MR) is 55.1 cm³/mol. The summed E-state index contributed by atoms with van der Waals surface area (Å²) in [5.41, 5.74) is 0. The van der Waals surface area contributed by atoms with Crippen molar-refractivity contribution < 1.29 is 0 Å². The molecule has 0 heterocycles. The van der Waals surface area contributed by atoms with Crippen molar-refractivity contribution in [3.8, 4) is 0 Å². The molecular weight excluding hydrogens is 144 g/mol. The lowest BCUT2D eigenvalue weighted by Gasteiger charge is -2.33. The molecule has 0 nitrogen and oxygen atoms in total. The number of rotatable bonds is 2. The molecule has 0 amide bonds. The largest absolute Gasteiger partial charge is 0.0625 e. The minimum absolute atomic E-state index is 0.875. The van der Waals surface area contributed by atoms with Crippen molar-refractivity contribution in [2.24, 2.45) is 23.7 Å². The van der Waals surface area contributed by atoms with E-state index in [1.807, 2.05) is 0 Å². The first kappa shape index (κ1) is 10.1. The predicted octanol–water partition coefficient (Wildman–Crippen LogP) is 4.10. The zero-order valence-electron chi connectivity index (χ0n) is 9.14. The van der Waals surface area contributed by atoms with Gasteiger partial charge in [0.1, 0.15) is 0 Å². The van der Waals surface area contributed by atoms with Gasteiger partial charge in [0, 0.05) is 0 Å². The van der Waals surface area contributed by atoms with E-state index in [0.29, 0.717) is 0 Å². The zero-order chi connectivity index (χ0) is 9.14. The molecule has 3 unspecified atom stereocenters. The fourth-order valence-corrected chi connectivity index (χ4v) is 2.50. The zero-order valence-corrected chi connectivity index (χ0v) is 9.14. The van der Waals surface area contributed by atoms with Crippen molar-refractivity contribution in [1.82, 2.24) is 0 Å². The van der Waals surface area contributed by atoms with Crippen LogP contribution in [0.3, 0.4) is 0 Å². The van der Waals surface area contributed by atoms with Crippen molar-refractivity contribution in [1.29, 1.82) is 0 Å². The molecule has 1 rings (SSSR count). The van der Waals surface area contributed by atoms with Crippen molar-refractivity contribution >= 4 is 0 Å². The van der Waals surface area contributed by atoms with E-state index in [9.17, 15) is 0 Å². The van der Waals surface area contributed by atoms with Crippen LogP contribution in [0.2, 0.25) is 0 Å². The van der Waals surface area contributed by atoms with Crippen LogP contribution in [0.1, 0.15) is 53.4 Å². The maximum Gasteiger partial charge on any atom is -0.0384 e. The molecule has 0 radical (unpaired) electrons. The Bertz CT molecular complexity index is 126. The minimum atomic E-state index is 0.875. The van der Waals surface area contributed by atoms with Gasteiger partial charge < -0.3 is 0 Å². The summed E-state index contributed by atoms with van der Waals surface area (Å²) in [5.74, 6) is 3.83. The third kappa shape index (κ3) is 2.50. The Kier molecular flexibility index (Phi) is 3.61. The van der Waals surface area contributed by atoms with Crippen LogP contribution in [0, 0.1) is 23.7 Å². The van der Waals surface area contributed by atoms with Gasteiger partial charge in [-0.3, -0.25) is 0 Å². The molecule has 3 atom stereocenters. The van der Waals surface area contributed by atoms with E-state index in [1.54, 1.807) is 0 Å². The number of hydrogen-bond acceptors (Lipinski definition) is 0. The highest BCUT2D eigenvalue weighted by atomic mass is 14.3. The lowest BCUT2D eigenvalue weighted by molar-refractivity contribution is 0.179. The molecule has 0 spiro atoms. The average molecular weight is 168 g/mol. The summed E-state index contributed by atoms with van der Waals surface area (Å²) in [6.07, 6.45) is 5.92. The molecular formula is C12H24. The maximum absolute atomic E-state index is 2.44. The fourth-order valence-electron chi connectivity index (χ4n) is 2.50. The van der Waals surface area contributed by atoms with Crippen LogP contribution in [0.25, 0.3) is 0 Å². The molecule has 0 aromatic heterocycles. The molecule has 0 N–H and O–H groups in total. The van der Waals surface area contributed by atoms with Crippen LogP contribution in [0.15, 0.2) is 0 Å². The third-order valence-electron chi connectivity index (χ3n) is 3.77. The highest BCUT2D eigenvalue weighted by Gasteiger charge is 2.25. The van der Waals surface area contributed by atoms with E-state index >= 15 is 0 Å². The van der Waals surface area contributed by atoms with Crippen molar-refractivity contribution in [2.45, 2.75) is 53.4 Å². The van der Waals surface area contributed by atoms with E-state index in [-0.39, 0.29) is 0 Å². The summed E-state index contributed by atoms with van der Waals surface area (Å²) in [6, 6.07) is 0. The fraction of sp³-hybridized carbons (Fsp3) is 1.00. The summed E-state index contributed by atoms with van der Waals surface area (Å²) < 4.78 is 0. The van der Waals surface area contributed by atoms with Gasteiger partial charge in [-0.25, -0.2) is 0 Å². The number of hydrogen-bond donors (Lipinski definition) is 0. The Labute approximate surface area is 77.7 Å². The van der Waals surface area contributed by atoms with Crippen LogP contribution in [0.5, 0.6) is 0 Å².